The second-order valence-electron chi connectivity index (χ2n) is 3.09. The van der Waals surface area contributed by atoms with E-state index in [9.17, 15) is 4.79 Å². The van der Waals surface area contributed by atoms with E-state index in [1.807, 2.05) is 6.92 Å². The van der Waals surface area contributed by atoms with Crippen molar-refractivity contribution in [1.29, 1.82) is 0 Å². The van der Waals surface area contributed by atoms with Crippen molar-refractivity contribution in [3.8, 4) is 0 Å². The number of carbonyl (C=O) groups excluding carboxylic acids is 1. The smallest absolute Gasteiger partial charge is 0.127 e. The van der Waals surface area contributed by atoms with E-state index in [0.717, 1.165) is 18.3 Å². The Bertz CT molecular complexity index is 176. The Labute approximate surface area is 66.1 Å². The Hall–Kier alpha value is -0.300. The fourth-order valence-electron chi connectivity index (χ4n) is 1.30. The predicted molar refractivity (Wildman–Crippen MR) is 42.1 cm³/mol. The molecule has 56 valence electrons. The molecule has 1 aliphatic rings. The lowest BCUT2D eigenvalue weighted by Gasteiger charge is -2.02. The van der Waals surface area contributed by atoms with Crippen LogP contribution in [0.15, 0.2) is 12.2 Å². The summed E-state index contributed by atoms with van der Waals surface area (Å²) in [6, 6.07) is 0. The number of allylic oxidation sites excluding steroid dienone is 1. The maximum Gasteiger partial charge on any atom is 0.127 e. The van der Waals surface area contributed by atoms with Crippen LogP contribution in [0.25, 0.3) is 0 Å². The SMILES string of the molecule is C=C(C)[C@@H]1C[C@@]1(C=O)CCl. The van der Waals surface area contributed by atoms with Gasteiger partial charge in [-0.15, -0.1) is 11.6 Å². The second-order valence-corrected chi connectivity index (χ2v) is 3.35. The largest absolute Gasteiger partial charge is 0.303 e. The third kappa shape index (κ3) is 0.988. The van der Waals surface area contributed by atoms with Gasteiger partial charge in [0.2, 0.25) is 0 Å². The van der Waals surface area contributed by atoms with Crippen molar-refractivity contribution in [1.82, 2.24) is 0 Å². The van der Waals surface area contributed by atoms with Crippen molar-refractivity contribution in [2.45, 2.75) is 13.3 Å². The lowest BCUT2D eigenvalue weighted by Crippen LogP contribution is -2.07. The number of aldehydes is 1. The molecule has 0 aromatic carbocycles. The third-order valence-electron chi connectivity index (χ3n) is 2.20. The summed E-state index contributed by atoms with van der Waals surface area (Å²) < 4.78 is 0. The maximum absolute atomic E-state index is 10.5. The van der Waals surface area contributed by atoms with Crippen molar-refractivity contribution in [3.63, 3.8) is 0 Å². The van der Waals surface area contributed by atoms with Crippen molar-refractivity contribution < 1.29 is 4.79 Å². The lowest BCUT2D eigenvalue weighted by atomic mass is 10.1. The van der Waals surface area contributed by atoms with Gasteiger partial charge in [-0.2, -0.15) is 0 Å². The van der Waals surface area contributed by atoms with Crippen LogP contribution in [-0.2, 0) is 4.79 Å². The molecule has 0 unspecified atom stereocenters. The number of carbonyl (C=O) groups is 1. The fourth-order valence-corrected chi connectivity index (χ4v) is 1.65. The molecule has 10 heavy (non-hydrogen) atoms. The number of hydrogen-bond donors (Lipinski definition) is 0. The van der Waals surface area contributed by atoms with E-state index in [4.69, 9.17) is 11.6 Å². The monoisotopic (exact) mass is 158 g/mol. The highest BCUT2D eigenvalue weighted by Crippen LogP contribution is 2.54. The second kappa shape index (κ2) is 2.39. The Kier molecular flexibility index (Phi) is 1.86. The van der Waals surface area contributed by atoms with Crippen molar-refractivity contribution in [3.05, 3.63) is 12.2 Å². The zero-order valence-corrected chi connectivity index (χ0v) is 6.82. The van der Waals surface area contributed by atoms with Gasteiger partial charge in [-0.25, -0.2) is 0 Å². The van der Waals surface area contributed by atoms with Gasteiger partial charge in [0.25, 0.3) is 0 Å². The molecular weight excluding hydrogens is 148 g/mol. The summed E-state index contributed by atoms with van der Waals surface area (Å²) >= 11 is 5.62. The van der Waals surface area contributed by atoms with Crippen LogP contribution in [0.1, 0.15) is 13.3 Å². The van der Waals surface area contributed by atoms with Crippen LogP contribution in [-0.4, -0.2) is 12.2 Å². The molecule has 1 nitrogen and oxygen atoms in total. The Morgan fingerprint density at radius 2 is 2.60 bits per heavy atom. The molecule has 0 amide bonds. The molecular formula is C8H11ClO. The highest BCUT2D eigenvalue weighted by atomic mass is 35.5. The minimum atomic E-state index is -0.243. The normalized spacial score (nSPS) is 37.2. The van der Waals surface area contributed by atoms with Gasteiger partial charge in [-0.3, -0.25) is 0 Å². The first kappa shape index (κ1) is 7.80. The molecule has 0 bridgehead atoms. The first-order valence-corrected chi connectivity index (χ1v) is 3.87. The standard InChI is InChI=1S/C8H11ClO/c1-6(2)7-3-8(7,4-9)5-10/h5,7H,1,3-4H2,2H3/t7-,8-/m0/s1. The van der Waals surface area contributed by atoms with E-state index < -0.39 is 0 Å². The van der Waals surface area contributed by atoms with E-state index in [1.54, 1.807) is 0 Å². The molecule has 0 aromatic heterocycles. The fraction of sp³-hybridized carbons (Fsp3) is 0.625. The van der Waals surface area contributed by atoms with Crippen LogP contribution in [0.2, 0.25) is 0 Å². The van der Waals surface area contributed by atoms with Crippen molar-refractivity contribution in [2.75, 3.05) is 5.88 Å². The zero-order valence-electron chi connectivity index (χ0n) is 6.06. The molecule has 2 heteroatoms. The van der Waals surface area contributed by atoms with Gasteiger partial charge in [0.15, 0.2) is 0 Å². The molecule has 0 N–H and O–H groups in total. The van der Waals surface area contributed by atoms with Gasteiger partial charge < -0.3 is 4.79 Å². The lowest BCUT2D eigenvalue weighted by molar-refractivity contribution is -0.111. The summed E-state index contributed by atoms with van der Waals surface area (Å²) in [6.07, 6.45) is 1.87. The van der Waals surface area contributed by atoms with Crippen LogP contribution >= 0.6 is 11.6 Å². The molecule has 0 saturated heterocycles. The van der Waals surface area contributed by atoms with Crippen LogP contribution in [0.5, 0.6) is 0 Å². The minimum Gasteiger partial charge on any atom is -0.303 e. The Balaban J connectivity index is 2.61. The first-order valence-electron chi connectivity index (χ1n) is 3.34. The molecule has 0 aromatic rings. The van der Waals surface area contributed by atoms with Crippen LogP contribution in [0, 0.1) is 11.3 Å². The number of hydrogen-bond acceptors (Lipinski definition) is 1. The minimum absolute atomic E-state index is 0.243. The number of alkyl halides is 1. The van der Waals surface area contributed by atoms with Gasteiger partial charge in [-0.05, 0) is 19.3 Å². The van der Waals surface area contributed by atoms with Gasteiger partial charge in [0, 0.05) is 11.3 Å². The highest BCUT2D eigenvalue weighted by Gasteiger charge is 2.53. The molecule has 1 saturated carbocycles. The van der Waals surface area contributed by atoms with E-state index in [2.05, 4.69) is 6.58 Å². The van der Waals surface area contributed by atoms with E-state index in [1.165, 1.54) is 0 Å². The van der Waals surface area contributed by atoms with Crippen molar-refractivity contribution >= 4 is 17.9 Å². The van der Waals surface area contributed by atoms with E-state index >= 15 is 0 Å². The average molecular weight is 159 g/mol. The van der Waals surface area contributed by atoms with Gasteiger partial charge in [-0.1, -0.05) is 12.2 Å². The molecule has 1 rings (SSSR count). The molecule has 2 atom stereocenters. The number of rotatable bonds is 3. The summed E-state index contributed by atoms with van der Waals surface area (Å²) in [5.74, 6) is 0.788. The summed E-state index contributed by atoms with van der Waals surface area (Å²) in [5.41, 5.74) is 0.834. The summed E-state index contributed by atoms with van der Waals surface area (Å²) in [7, 11) is 0. The van der Waals surface area contributed by atoms with Gasteiger partial charge in [0.1, 0.15) is 6.29 Å². The number of halogens is 1. The first-order chi connectivity index (χ1) is 4.66. The molecule has 0 aliphatic heterocycles. The Morgan fingerprint density at radius 3 is 2.70 bits per heavy atom. The molecule has 0 heterocycles. The van der Waals surface area contributed by atoms with Crippen LogP contribution in [0.3, 0.4) is 0 Å². The highest BCUT2D eigenvalue weighted by molar-refractivity contribution is 6.19. The topological polar surface area (TPSA) is 17.1 Å². The third-order valence-corrected chi connectivity index (χ3v) is 2.69. The van der Waals surface area contributed by atoms with E-state index in [-0.39, 0.29) is 5.41 Å². The average Bonchev–Trinajstić information content (AvgIpc) is 2.63. The van der Waals surface area contributed by atoms with Gasteiger partial charge >= 0.3 is 0 Å². The summed E-state index contributed by atoms with van der Waals surface area (Å²) in [5, 5.41) is 0. The van der Waals surface area contributed by atoms with E-state index in [0.29, 0.717) is 11.8 Å². The van der Waals surface area contributed by atoms with Crippen molar-refractivity contribution in [2.24, 2.45) is 11.3 Å². The van der Waals surface area contributed by atoms with Crippen LogP contribution in [0.4, 0.5) is 0 Å². The summed E-state index contributed by atoms with van der Waals surface area (Å²) in [4.78, 5) is 10.5. The maximum atomic E-state index is 10.5. The van der Waals surface area contributed by atoms with Crippen LogP contribution < -0.4 is 0 Å². The zero-order chi connectivity index (χ0) is 7.78. The summed E-state index contributed by atoms with van der Waals surface area (Å²) in [6.45, 7) is 5.74. The molecule has 1 fully saturated rings. The predicted octanol–water partition coefficient (Wildman–Crippen LogP) is 2.01. The molecule has 0 radical (unpaired) electrons. The molecule has 0 spiro atoms. The Morgan fingerprint density at radius 1 is 2.00 bits per heavy atom. The molecule has 1 aliphatic carbocycles. The quantitative estimate of drug-likeness (QED) is 0.349. The van der Waals surface area contributed by atoms with Gasteiger partial charge in [0.05, 0.1) is 0 Å².